The van der Waals surface area contributed by atoms with Crippen molar-refractivity contribution >= 4 is 22.6 Å². The predicted molar refractivity (Wildman–Crippen MR) is 69.6 cm³/mol. The lowest BCUT2D eigenvalue weighted by molar-refractivity contribution is -0.160. The molecule has 1 N–H and O–H groups in total. The molecule has 16 heavy (non-hydrogen) atoms. The highest BCUT2D eigenvalue weighted by molar-refractivity contribution is 14.1. The van der Waals surface area contributed by atoms with Crippen molar-refractivity contribution in [1.29, 1.82) is 0 Å². The van der Waals surface area contributed by atoms with E-state index in [1.165, 1.54) is 0 Å². The molecule has 0 aliphatic heterocycles. The van der Waals surface area contributed by atoms with Crippen molar-refractivity contribution in [3.05, 3.63) is 27.8 Å². The summed E-state index contributed by atoms with van der Waals surface area (Å²) in [6.45, 7) is 2.53. The van der Waals surface area contributed by atoms with Gasteiger partial charge in [0.1, 0.15) is 18.0 Å². The van der Waals surface area contributed by atoms with E-state index in [4.69, 9.17) is 9.47 Å². The zero-order valence-corrected chi connectivity index (χ0v) is 11.3. The van der Waals surface area contributed by atoms with Crippen LogP contribution in [0.4, 0.5) is 0 Å². The molecule has 4 heteroatoms. The average Bonchev–Trinajstić information content (AvgIpc) is 2.26. The Morgan fingerprint density at radius 2 is 2.31 bits per heavy atom. The largest absolute Gasteiger partial charge is 0.487 e. The minimum Gasteiger partial charge on any atom is -0.487 e. The Morgan fingerprint density at radius 3 is 2.94 bits per heavy atom. The van der Waals surface area contributed by atoms with Crippen LogP contribution in [-0.2, 0) is 4.74 Å². The van der Waals surface area contributed by atoms with Gasteiger partial charge < -0.3 is 14.6 Å². The molecule has 3 nitrogen and oxygen atoms in total. The van der Waals surface area contributed by atoms with Crippen molar-refractivity contribution in [2.24, 2.45) is 0 Å². The molecule has 0 amide bonds. The first kappa shape index (κ1) is 12.1. The van der Waals surface area contributed by atoms with Crippen molar-refractivity contribution in [2.75, 3.05) is 6.61 Å². The van der Waals surface area contributed by atoms with Crippen LogP contribution >= 0.6 is 22.6 Å². The molecule has 1 aromatic rings. The third-order valence-corrected chi connectivity index (χ3v) is 3.33. The van der Waals surface area contributed by atoms with Gasteiger partial charge in [0.15, 0.2) is 0 Å². The van der Waals surface area contributed by atoms with Crippen LogP contribution in [0.25, 0.3) is 0 Å². The summed E-state index contributed by atoms with van der Waals surface area (Å²) in [6, 6.07) is 7.88. The topological polar surface area (TPSA) is 38.7 Å². The van der Waals surface area contributed by atoms with E-state index in [1.54, 1.807) is 0 Å². The fourth-order valence-electron chi connectivity index (χ4n) is 1.80. The molecular formula is C12H15IO3. The molecule has 1 aromatic carbocycles. The van der Waals surface area contributed by atoms with Gasteiger partial charge >= 0.3 is 0 Å². The second-order valence-electron chi connectivity index (χ2n) is 3.84. The van der Waals surface area contributed by atoms with Crippen molar-refractivity contribution in [2.45, 2.75) is 31.7 Å². The molecule has 1 saturated carbocycles. The lowest BCUT2D eigenvalue weighted by Gasteiger charge is -2.40. The normalized spacial score (nSPS) is 28.6. The summed E-state index contributed by atoms with van der Waals surface area (Å²) in [5.41, 5.74) is 0. The van der Waals surface area contributed by atoms with Crippen molar-refractivity contribution < 1.29 is 14.6 Å². The molecule has 0 spiro atoms. The number of rotatable bonds is 4. The lowest BCUT2D eigenvalue weighted by Crippen LogP contribution is -2.55. The molecular weight excluding hydrogens is 319 g/mol. The first-order valence-corrected chi connectivity index (χ1v) is 6.50. The van der Waals surface area contributed by atoms with E-state index >= 15 is 0 Å². The smallest absolute Gasteiger partial charge is 0.130 e. The molecule has 0 radical (unpaired) electrons. The van der Waals surface area contributed by atoms with Crippen molar-refractivity contribution in [3.8, 4) is 5.75 Å². The first-order valence-electron chi connectivity index (χ1n) is 5.42. The quantitative estimate of drug-likeness (QED) is 0.858. The summed E-state index contributed by atoms with van der Waals surface area (Å²) in [5, 5.41) is 9.54. The summed E-state index contributed by atoms with van der Waals surface area (Å²) in [5.74, 6) is 0.841. The fourth-order valence-corrected chi connectivity index (χ4v) is 2.31. The standard InChI is InChI=1S/C12H15IO3/c1-2-15-12-10(14)7-11(12)16-9-5-3-4-8(13)6-9/h3-6,10-12,14H,2,7H2,1H3. The highest BCUT2D eigenvalue weighted by Gasteiger charge is 2.42. The lowest BCUT2D eigenvalue weighted by atomic mass is 9.88. The van der Waals surface area contributed by atoms with E-state index in [1.807, 2.05) is 31.2 Å². The minimum absolute atomic E-state index is 0.0202. The summed E-state index contributed by atoms with van der Waals surface area (Å²) in [7, 11) is 0. The average molecular weight is 334 g/mol. The number of aliphatic hydroxyl groups excluding tert-OH is 1. The number of hydrogen-bond donors (Lipinski definition) is 1. The molecule has 88 valence electrons. The maximum absolute atomic E-state index is 9.54. The van der Waals surface area contributed by atoms with Gasteiger partial charge in [0.2, 0.25) is 0 Å². The van der Waals surface area contributed by atoms with E-state index < -0.39 is 0 Å². The summed E-state index contributed by atoms with van der Waals surface area (Å²) >= 11 is 2.25. The van der Waals surface area contributed by atoms with Crippen molar-refractivity contribution in [3.63, 3.8) is 0 Å². The number of benzene rings is 1. The molecule has 2 rings (SSSR count). The SMILES string of the molecule is CCOC1C(O)CC1Oc1cccc(I)c1. The van der Waals surface area contributed by atoms with Crippen LogP contribution in [0, 0.1) is 3.57 Å². The second-order valence-corrected chi connectivity index (χ2v) is 5.08. The van der Waals surface area contributed by atoms with Gasteiger partial charge in [-0.2, -0.15) is 0 Å². The Morgan fingerprint density at radius 1 is 1.50 bits per heavy atom. The van der Waals surface area contributed by atoms with Crippen LogP contribution in [0.2, 0.25) is 0 Å². The zero-order chi connectivity index (χ0) is 11.5. The molecule has 1 fully saturated rings. The molecule has 0 heterocycles. The van der Waals surface area contributed by atoms with Gasteiger partial charge in [0.25, 0.3) is 0 Å². The van der Waals surface area contributed by atoms with Crippen LogP contribution in [0.5, 0.6) is 5.75 Å². The van der Waals surface area contributed by atoms with Gasteiger partial charge in [-0.3, -0.25) is 0 Å². The maximum Gasteiger partial charge on any atom is 0.130 e. The highest BCUT2D eigenvalue weighted by atomic mass is 127. The predicted octanol–water partition coefficient (Wildman–Crippen LogP) is 2.21. The zero-order valence-electron chi connectivity index (χ0n) is 9.10. The summed E-state index contributed by atoms with van der Waals surface area (Å²) < 4.78 is 12.3. The second kappa shape index (κ2) is 5.33. The Labute approximate surface area is 109 Å². The van der Waals surface area contributed by atoms with Gasteiger partial charge in [-0.15, -0.1) is 0 Å². The third-order valence-electron chi connectivity index (χ3n) is 2.66. The Bertz CT molecular complexity index is 356. The van der Waals surface area contributed by atoms with Crippen molar-refractivity contribution in [1.82, 2.24) is 0 Å². The van der Waals surface area contributed by atoms with Crippen LogP contribution in [0.1, 0.15) is 13.3 Å². The molecule has 1 aliphatic carbocycles. The molecule has 0 aromatic heterocycles. The summed E-state index contributed by atoms with van der Waals surface area (Å²) in [6.07, 6.45) is 0.0691. The van der Waals surface area contributed by atoms with E-state index in [9.17, 15) is 5.11 Å². The van der Waals surface area contributed by atoms with Gasteiger partial charge in [0.05, 0.1) is 6.10 Å². The maximum atomic E-state index is 9.54. The van der Waals surface area contributed by atoms with Crippen LogP contribution in [0.3, 0.4) is 0 Å². The van der Waals surface area contributed by atoms with Crippen LogP contribution in [-0.4, -0.2) is 30.0 Å². The fraction of sp³-hybridized carbons (Fsp3) is 0.500. The van der Waals surface area contributed by atoms with Crippen LogP contribution in [0.15, 0.2) is 24.3 Å². The Hall–Kier alpha value is -0.330. The third kappa shape index (κ3) is 2.67. The number of ether oxygens (including phenoxy) is 2. The highest BCUT2D eigenvalue weighted by Crippen LogP contribution is 2.29. The van der Waals surface area contributed by atoms with Gasteiger partial charge in [-0.05, 0) is 47.7 Å². The molecule has 3 atom stereocenters. The van der Waals surface area contributed by atoms with E-state index in [0.717, 1.165) is 9.32 Å². The van der Waals surface area contributed by atoms with Crippen LogP contribution < -0.4 is 4.74 Å². The number of aliphatic hydroxyl groups is 1. The molecule has 1 aliphatic rings. The van der Waals surface area contributed by atoms with E-state index in [0.29, 0.717) is 13.0 Å². The van der Waals surface area contributed by atoms with E-state index in [2.05, 4.69) is 22.6 Å². The molecule has 3 unspecified atom stereocenters. The van der Waals surface area contributed by atoms with E-state index in [-0.39, 0.29) is 18.3 Å². The minimum atomic E-state index is -0.382. The Balaban J connectivity index is 1.95. The van der Waals surface area contributed by atoms with Gasteiger partial charge in [0, 0.05) is 16.6 Å². The van der Waals surface area contributed by atoms with Gasteiger partial charge in [-0.25, -0.2) is 0 Å². The number of halogens is 1. The number of hydrogen-bond acceptors (Lipinski definition) is 3. The first-order chi connectivity index (χ1) is 7.70. The summed E-state index contributed by atoms with van der Waals surface area (Å²) in [4.78, 5) is 0. The monoisotopic (exact) mass is 334 g/mol. The Kier molecular flexibility index (Phi) is 4.05. The molecule has 0 bridgehead atoms. The molecule has 0 saturated heterocycles. The van der Waals surface area contributed by atoms with Gasteiger partial charge in [-0.1, -0.05) is 6.07 Å².